The zero-order valence-electron chi connectivity index (χ0n) is 9.31. The molecule has 0 spiro atoms. The van der Waals surface area contributed by atoms with E-state index >= 15 is 0 Å². The van der Waals surface area contributed by atoms with Crippen LogP contribution in [0.1, 0.15) is 39.5 Å². The van der Waals surface area contributed by atoms with E-state index in [9.17, 15) is 4.79 Å². The van der Waals surface area contributed by atoms with Crippen molar-refractivity contribution in [1.29, 1.82) is 0 Å². The van der Waals surface area contributed by atoms with Gasteiger partial charge in [0.15, 0.2) is 0 Å². The molecule has 0 aliphatic rings. The van der Waals surface area contributed by atoms with E-state index in [0.29, 0.717) is 0 Å². The molecule has 0 aromatic heterocycles. The molecule has 1 N–H and O–H groups in total. The average molecular weight is 195 g/mol. The van der Waals surface area contributed by atoms with Gasteiger partial charge in [-0.3, -0.25) is 4.79 Å². The summed E-state index contributed by atoms with van der Waals surface area (Å²) in [6.45, 7) is 8.37. The quantitative estimate of drug-likeness (QED) is 0.378. The number of allylic oxidation sites excluding steroid dienone is 2. The van der Waals surface area contributed by atoms with Crippen LogP contribution in [0.5, 0.6) is 0 Å². The van der Waals surface area contributed by atoms with Crippen molar-refractivity contribution in [2.75, 3.05) is 6.54 Å². The summed E-state index contributed by atoms with van der Waals surface area (Å²) in [4.78, 5) is 11.4. The number of rotatable bonds is 7. The molecule has 0 unspecified atom stereocenters. The Morgan fingerprint density at radius 3 is 2.71 bits per heavy atom. The van der Waals surface area contributed by atoms with Gasteiger partial charge in [0.05, 0.1) is 0 Å². The Morgan fingerprint density at radius 2 is 2.14 bits per heavy atom. The zero-order valence-corrected chi connectivity index (χ0v) is 9.31. The van der Waals surface area contributed by atoms with Crippen molar-refractivity contribution in [1.82, 2.24) is 5.32 Å². The summed E-state index contributed by atoms with van der Waals surface area (Å²) in [7, 11) is 0. The maximum absolute atomic E-state index is 11.4. The SMILES string of the molecule is C=CCC/C=C(\C)C(=O)NCCCC. The topological polar surface area (TPSA) is 29.1 Å². The van der Waals surface area contributed by atoms with Gasteiger partial charge in [-0.1, -0.05) is 25.5 Å². The third-order valence-electron chi connectivity index (χ3n) is 2.00. The number of hydrogen-bond acceptors (Lipinski definition) is 1. The minimum absolute atomic E-state index is 0.0579. The molecule has 0 rings (SSSR count). The third kappa shape index (κ3) is 6.46. The Bertz CT molecular complexity index is 206. The molecule has 0 aliphatic carbocycles. The summed E-state index contributed by atoms with van der Waals surface area (Å²) < 4.78 is 0. The number of hydrogen-bond donors (Lipinski definition) is 1. The van der Waals surface area contributed by atoms with Gasteiger partial charge in [-0.2, -0.15) is 0 Å². The first-order chi connectivity index (χ1) is 6.72. The number of amides is 1. The van der Waals surface area contributed by atoms with Crippen LogP contribution >= 0.6 is 0 Å². The van der Waals surface area contributed by atoms with E-state index in [1.165, 1.54) is 0 Å². The van der Waals surface area contributed by atoms with E-state index in [1.54, 1.807) is 0 Å². The minimum Gasteiger partial charge on any atom is -0.352 e. The molecule has 0 aliphatic heterocycles. The van der Waals surface area contributed by atoms with E-state index in [-0.39, 0.29) is 5.91 Å². The Balaban J connectivity index is 3.74. The number of nitrogens with one attached hydrogen (secondary N) is 1. The van der Waals surface area contributed by atoms with Crippen LogP contribution in [0, 0.1) is 0 Å². The number of unbranched alkanes of at least 4 members (excludes halogenated alkanes) is 2. The fourth-order valence-corrected chi connectivity index (χ4v) is 1.03. The fraction of sp³-hybridized carbons (Fsp3) is 0.583. The first kappa shape index (κ1) is 12.9. The lowest BCUT2D eigenvalue weighted by Crippen LogP contribution is -2.24. The largest absolute Gasteiger partial charge is 0.352 e. The predicted molar refractivity (Wildman–Crippen MR) is 61.1 cm³/mol. The first-order valence-electron chi connectivity index (χ1n) is 5.28. The molecule has 0 radical (unpaired) electrons. The second-order valence-corrected chi connectivity index (χ2v) is 3.36. The maximum atomic E-state index is 11.4. The van der Waals surface area contributed by atoms with Gasteiger partial charge in [0, 0.05) is 12.1 Å². The average Bonchev–Trinajstić information content (AvgIpc) is 2.18. The molecule has 2 heteroatoms. The predicted octanol–water partition coefficient (Wildman–Crippen LogP) is 2.82. The van der Waals surface area contributed by atoms with Crippen LogP contribution in [-0.4, -0.2) is 12.5 Å². The highest BCUT2D eigenvalue weighted by Gasteiger charge is 2.00. The second-order valence-electron chi connectivity index (χ2n) is 3.36. The van der Waals surface area contributed by atoms with E-state index in [4.69, 9.17) is 0 Å². The molecule has 2 nitrogen and oxygen atoms in total. The standard InChI is InChI=1S/C12H21NO/c1-4-6-8-9-11(3)12(14)13-10-7-5-2/h4,9H,1,5-8,10H2,2-3H3,(H,13,14)/b11-9+. The molecule has 14 heavy (non-hydrogen) atoms. The van der Waals surface area contributed by atoms with Crippen LogP contribution in [-0.2, 0) is 4.79 Å². The molecule has 0 aromatic carbocycles. The summed E-state index contributed by atoms with van der Waals surface area (Å²) >= 11 is 0. The minimum atomic E-state index is 0.0579. The highest BCUT2D eigenvalue weighted by atomic mass is 16.1. The van der Waals surface area contributed by atoms with Crippen molar-refractivity contribution in [2.24, 2.45) is 0 Å². The van der Waals surface area contributed by atoms with Crippen molar-refractivity contribution < 1.29 is 4.79 Å². The lowest BCUT2D eigenvalue weighted by atomic mass is 10.2. The van der Waals surface area contributed by atoms with E-state index in [0.717, 1.165) is 37.8 Å². The molecular weight excluding hydrogens is 174 g/mol. The van der Waals surface area contributed by atoms with Crippen LogP contribution < -0.4 is 5.32 Å². The molecule has 0 saturated heterocycles. The van der Waals surface area contributed by atoms with Gasteiger partial charge in [-0.05, 0) is 26.2 Å². The maximum Gasteiger partial charge on any atom is 0.246 e. The molecule has 0 fully saturated rings. The van der Waals surface area contributed by atoms with Crippen molar-refractivity contribution in [3.63, 3.8) is 0 Å². The van der Waals surface area contributed by atoms with Gasteiger partial charge in [-0.15, -0.1) is 6.58 Å². The lowest BCUT2D eigenvalue weighted by molar-refractivity contribution is -0.117. The Labute approximate surface area is 87.1 Å². The van der Waals surface area contributed by atoms with Gasteiger partial charge in [0.2, 0.25) is 5.91 Å². The Morgan fingerprint density at radius 1 is 1.43 bits per heavy atom. The van der Waals surface area contributed by atoms with Crippen LogP contribution in [0.15, 0.2) is 24.3 Å². The van der Waals surface area contributed by atoms with Crippen LogP contribution in [0.3, 0.4) is 0 Å². The summed E-state index contributed by atoms with van der Waals surface area (Å²) in [5, 5.41) is 2.88. The highest BCUT2D eigenvalue weighted by molar-refractivity contribution is 5.92. The lowest BCUT2D eigenvalue weighted by Gasteiger charge is -2.03. The highest BCUT2D eigenvalue weighted by Crippen LogP contribution is 1.99. The van der Waals surface area contributed by atoms with Gasteiger partial charge >= 0.3 is 0 Å². The summed E-state index contributed by atoms with van der Waals surface area (Å²) in [5.74, 6) is 0.0579. The van der Waals surface area contributed by atoms with Gasteiger partial charge in [-0.25, -0.2) is 0 Å². The monoisotopic (exact) mass is 195 g/mol. The zero-order chi connectivity index (χ0) is 10.8. The molecular formula is C12H21NO. The molecule has 0 heterocycles. The second kappa shape index (κ2) is 8.54. The number of carbonyl (C=O) groups excluding carboxylic acids is 1. The fourth-order valence-electron chi connectivity index (χ4n) is 1.03. The molecule has 80 valence electrons. The Kier molecular flexibility index (Phi) is 7.90. The van der Waals surface area contributed by atoms with Gasteiger partial charge in [0.25, 0.3) is 0 Å². The van der Waals surface area contributed by atoms with E-state index in [1.807, 2.05) is 19.1 Å². The van der Waals surface area contributed by atoms with Crippen molar-refractivity contribution in [3.8, 4) is 0 Å². The molecule has 0 bridgehead atoms. The smallest absolute Gasteiger partial charge is 0.246 e. The van der Waals surface area contributed by atoms with E-state index in [2.05, 4.69) is 18.8 Å². The molecule has 0 atom stereocenters. The summed E-state index contributed by atoms with van der Waals surface area (Å²) in [6.07, 6.45) is 7.81. The van der Waals surface area contributed by atoms with Crippen LogP contribution in [0.25, 0.3) is 0 Å². The van der Waals surface area contributed by atoms with E-state index < -0.39 is 0 Å². The molecule has 1 amide bonds. The van der Waals surface area contributed by atoms with Crippen molar-refractivity contribution >= 4 is 5.91 Å². The third-order valence-corrected chi connectivity index (χ3v) is 2.00. The van der Waals surface area contributed by atoms with Gasteiger partial charge < -0.3 is 5.32 Å². The van der Waals surface area contributed by atoms with Crippen LogP contribution in [0.2, 0.25) is 0 Å². The van der Waals surface area contributed by atoms with Crippen molar-refractivity contribution in [2.45, 2.75) is 39.5 Å². The summed E-state index contributed by atoms with van der Waals surface area (Å²) in [6, 6.07) is 0. The van der Waals surface area contributed by atoms with Gasteiger partial charge in [0.1, 0.15) is 0 Å². The molecule has 0 aromatic rings. The Hall–Kier alpha value is -1.05. The molecule has 0 saturated carbocycles. The first-order valence-corrected chi connectivity index (χ1v) is 5.28. The van der Waals surface area contributed by atoms with Crippen molar-refractivity contribution in [3.05, 3.63) is 24.3 Å². The summed E-state index contributed by atoms with van der Waals surface area (Å²) in [5.41, 5.74) is 0.808. The normalized spacial score (nSPS) is 11.1. The number of carbonyl (C=O) groups is 1. The van der Waals surface area contributed by atoms with Crippen LogP contribution in [0.4, 0.5) is 0 Å².